The minimum atomic E-state index is -0.870. The Labute approximate surface area is 217 Å². The zero-order valence-corrected chi connectivity index (χ0v) is 21.3. The monoisotopic (exact) mass is 500 g/mol. The van der Waals surface area contributed by atoms with E-state index in [0.29, 0.717) is 37.7 Å². The molecule has 7 nitrogen and oxygen atoms in total. The Balaban J connectivity index is 1.53. The van der Waals surface area contributed by atoms with Gasteiger partial charge in [0.25, 0.3) is 5.91 Å². The molecule has 7 heteroatoms. The largest absolute Gasteiger partial charge is 0.494 e. The second kappa shape index (κ2) is 10.6. The fourth-order valence-electron chi connectivity index (χ4n) is 5.24. The Morgan fingerprint density at radius 3 is 2.59 bits per heavy atom. The maximum absolute atomic E-state index is 13.5. The number of carbonyl (C=O) groups is 2. The summed E-state index contributed by atoms with van der Waals surface area (Å²) >= 11 is 0. The second-order valence-corrected chi connectivity index (χ2v) is 9.92. The van der Waals surface area contributed by atoms with Crippen molar-refractivity contribution in [3.8, 4) is 11.6 Å². The number of aryl methyl sites for hydroxylation is 2. The molecule has 3 aromatic rings. The van der Waals surface area contributed by atoms with Crippen molar-refractivity contribution in [3.63, 3.8) is 0 Å². The van der Waals surface area contributed by atoms with Crippen LogP contribution in [0.5, 0.6) is 11.6 Å². The number of aromatic nitrogens is 1. The highest BCUT2D eigenvalue weighted by atomic mass is 16.5. The Bertz CT molecular complexity index is 1340. The second-order valence-electron chi connectivity index (χ2n) is 9.92. The molecule has 7 bridgehead atoms. The summed E-state index contributed by atoms with van der Waals surface area (Å²) in [6.07, 6.45) is 4.09. The van der Waals surface area contributed by atoms with E-state index in [1.54, 1.807) is 6.20 Å². The van der Waals surface area contributed by atoms with E-state index < -0.39 is 5.97 Å². The summed E-state index contributed by atoms with van der Waals surface area (Å²) in [6, 6.07) is 13.7. The Morgan fingerprint density at radius 2 is 1.84 bits per heavy atom. The van der Waals surface area contributed by atoms with E-state index in [1.807, 2.05) is 49.1 Å². The number of nitrogens with zero attached hydrogens (tertiary/aromatic N) is 2. The quantitative estimate of drug-likeness (QED) is 0.529. The van der Waals surface area contributed by atoms with Gasteiger partial charge in [-0.25, -0.2) is 4.98 Å². The molecule has 1 N–H and O–H groups in total. The van der Waals surface area contributed by atoms with Gasteiger partial charge in [-0.15, -0.1) is 0 Å². The number of rotatable bonds is 2. The number of amides is 1. The number of benzene rings is 2. The molecule has 5 aliphatic heterocycles. The minimum Gasteiger partial charge on any atom is -0.494 e. The van der Waals surface area contributed by atoms with Crippen molar-refractivity contribution in [3.05, 3.63) is 87.6 Å². The lowest BCUT2D eigenvalue weighted by Gasteiger charge is -2.30. The van der Waals surface area contributed by atoms with Crippen LogP contribution >= 0.6 is 0 Å². The molecule has 1 aromatic heterocycles. The summed E-state index contributed by atoms with van der Waals surface area (Å²) in [7, 11) is 0. The molecule has 0 radical (unpaired) electrons. The first kappa shape index (κ1) is 24.8. The van der Waals surface area contributed by atoms with Crippen LogP contribution in [0.1, 0.15) is 68.9 Å². The van der Waals surface area contributed by atoms with Gasteiger partial charge in [0.1, 0.15) is 5.75 Å². The molecule has 1 amide bonds. The van der Waals surface area contributed by atoms with Crippen LogP contribution in [-0.4, -0.2) is 46.6 Å². The van der Waals surface area contributed by atoms with Crippen LogP contribution in [0.3, 0.4) is 0 Å². The van der Waals surface area contributed by atoms with Crippen molar-refractivity contribution in [2.45, 2.75) is 52.0 Å². The van der Waals surface area contributed by atoms with Crippen LogP contribution in [0.4, 0.5) is 0 Å². The third-order valence-electron chi connectivity index (χ3n) is 7.30. The van der Waals surface area contributed by atoms with E-state index >= 15 is 0 Å². The molecule has 0 saturated heterocycles. The maximum Gasteiger partial charge on any atom is 0.304 e. The predicted molar refractivity (Wildman–Crippen MR) is 139 cm³/mol. The predicted octanol–water partition coefficient (Wildman–Crippen LogP) is 5.05. The number of carbonyl (C=O) groups excluding carboxylic acids is 1. The summed E-state index contributed by atoms with van der Waals surface area (Å²) in [4.78, 5) is 31.7. The van der Waals surface area contributed by atoms with Gasteiger partial charge in [-0.1, -0.05) is 18.2 Å². The van der Waals surface area contributed by atoms with E-state index in [0.717, 1.165) is 52.8 Å². The van der Waals surface area contributed by atoms with Gasteiger partial charge in [0.05, 0.1) is 19.6 Å². The van der Waals surface area contributed by atoms with Gasteiger partial charge < -0.3 is 19.5 Å². The van der Waals surface area contributed by atoms with Crippen molar-refractivity contribution in [1.82, 2.24) is 9.88 Å². The smallest absolute Gasteiger partial charge is 0.304 e. The van der Waals surface area contributed by atoms with E-state index in [9.17, 15) is 14.7 Å². The van der Waals surface area contributed by atoms with Crippen LogP contribution in [0.2, 0.25) is 0 Å². The van der Waals surface area contributed by atoms with Crippen molar-refractivity contribution < 1.29 is 24.2 Å². The Hall–Kier alpha value is -3.87. The third kappa shape index (κ3) is 5.45. The minimum absolute atomic E-state index is 0.000799. The summed E-state index contributed by atoms with van der Waals surface area (Å²) in [5.74, 6) is 0.0723. The first-order valence-corrected chi connectivity index (χ1v) is 12.8. The topological polar surface area (TPSA) is 89.0 Å². The zero-order chi connectivity index (χ0) is 25.9. The molecule has 1 atom stereocenters. The first-order chi connectivity index (χ1) is 17.9. The fraction of sp³-hybridized carbons (Fsp3) is 0.367. The van der Waals surface area contributed by atoms with Gasteiger partial charge in [-0.05, 0) is 84.7 Å². The van der Waals surface area contributed by atoms with Crippen LogP contribution in [-0.2, 0) is 17.8 Å². The molecule has 0 spiro atoms. The summed E-state index contributed by atoms with van der Waals surface area (Å²) in [6.45, 7) is 6.11. The number of hydrogen-bond acceptors (Lipinski definition) is 5. The van der Waals surface area contributed by atoms with Crippen LogP contribution in [0.15, 0.2) is 48.7 Å². The number of ether oxygens (including phenoxy) is 2. The lowest BCUT2D eigenvalue weighted by Crippen LogP contribution is -2.36. The van der Waals surface area contributed by atoms with E-state index in [2.05, 4.69) is 17.1 Å². The highest BCUT2D eigenvalue weighted by Gasteiger charge is 2.26. The van der Waals surface area contributed by atoms with Gasteiger partial charge in [-0.2, -0.15) is 0 Å². The lowest BCUT2D eigenvalue weighted by atomic mass is 9.84. The van der Waals surface area contributed by atoms with E-state index in [1.165, 1.54) is 5.56 Å². The van der Waals surface area contributed by atoms with Gasteiger partial charge in [0.2, 0.25) is 5.88 Å². The number of carboxylic acid groups (broad SMARTS) is 1. The van der Waals surface area contributed by atoms with E-state index in [-0.39, 0.29) is 18.2 Å². The van der Waals surface area contributed by atoms with Gasteiger partial charge in [-0.3, -0.25) is 9.59 Å². The van der Waals surface area contributed by atoms with Crippen molar-refractivity contribution >= 4 is 11.9 Å². The lowest BCUT2D eigenvalue weighted by molar-refractivity contribution is -0.137. The van der Waals surface area contributed by atoms with Crippen molar-refractivity contribution in [2.75, 3.05) is 19.8 Å². The SMILES string of the molecule is Cc1cc2ccc1C(=O)N1CCc3ccc(cc3C1)C(CC(=O)O)c1cnc(cc1C)OCCCCO2. The summed E-state index contributed by atoms with van der Waals surface area (Å²) < 4.78 is 11.8. The van der Waals surface area contributed by atoms with Crippen molar-refractivity contribution in [1.29, 1.82) is 0 Å². The van der Waals surface area contributed by atoms with Gasteiger partial charge in [0, 0.05) is 36.8 Å². The molecule has 2 aromatic carbocycles. The molecule has 0 saturated carbocycles. The average molecular weight is 501 g/mol. The number of pyridine rings is 1. The van der Waals surface area contributed by atoms with Crippen LogP contribution in [0.25, 0.3) is 0 Å². The third-order valence-corrected chi connectivity index (χ3v) is 7.30. The first-order valence-electron chi connectivity index (χ1n) is 12.8. The molecule has 192 valence electrons. The molecule has 0 fully saturated rings. The molecule has 37 heavy (non-hydrogen) atoms. The molecule has 1 unspecified atom stereocenters. The van der Waals surface area contributed by atoms with Gasteiger partial charge in [0.15, 0.2) is 0 Å². The number of aliphatic carboxylic acids is 1. The molecular formula is C30H32N2O5. The molecule has 6 heterocycles. The molecule has 0 aliphatic carbocycles. The fourth-order valence-corrected chi connectivity index (χ4v) is 5.24. The maximum atomic E-state index is 13.5. The normalized spacial score (nSPS) is 17.7. The number of carboxylic acids is 1. The summed E-state index contributed by atoms with van der Waals surface area (Å²) in [5.41, 5.74) is 6.54. The molecular weight excluding hydrogens is 468 g/mol. The Morgan fingerprint density at radius 1 is 1.03 bits per heavy atom. The molecule has 8 rings (SSSR count). The standard InChI is InChI=1S/C30H32N2O5/c1-19-13-24-7-8-25(19)30(35)32-10-9-21-5-6-22(15-23(21)18-32)26(16-29(33)34)27-17-31-28(14-20(27)2)37-12-4-3-11-36-24/h5-8,13-15,17,26H,3-4,9-12,16,18H2,1-2H3,(H,33,34). The average Bonchev–Trinajstić information content (AvgIpc) is 2.88. The highest BCUT2D eigenvalue weighted by molar-refractivity contribution is 5.96. The van der Waals surface area contributed by atoms with E-state index in [4.69, 9.17) is 9.47 Å². The van der Waals surface area contributed by atoms with Gasteiger partial charge >= 0.3 is 5.97 Å². The molecule has 5 aliphatic rings. The van der Waals surface area contributed by atoms with Crippen molar-refractivity contribution in [2.24, 2.45) is 0 Å². The number of hydrogen-bond donors (Lipinski definition) is 1. The van der Waals surface area contributed by atoms with Crippen LogP contribution in [0, 0.1) is 13.8 Å². The highest BCUT2D eigenvalue weighted by Crippen LogP contribution is 2.34. The zero-order valence-electron chi connectivity index (χ0n) is 21.3. The van der Waals surface area contributed by atoms with Crippen LogP contribution < -0.4 is 9.47 Å². The Kier molecular flexibility index (Phi) is 7.12. The summed E-state index contributed by atoms with van der Waals surface area (Å²) in [5, 5.41) is 9.72.